The molecule has 1 heterocycles. The summed E-state index contributed by atoms with van der Waals surface area (Å²) in [5.74, 6) is -0.0827. The molecule has 2 aromatic rings. The normalized spacial score (nSPS) is 18.8. The second-order valence-corrected chi connectivity index (χ2v) is 14.1. The van der Waals surface area contributed by atoms with Crippen molar-refractivity contribution >= 4 is 12.0 Å². The van der Waals surface area contributed by atoms with E-state index in [0.717, 1.165) is 69.0 Å². The average Bonchev–Trinajstić information content (AvgIpc) is 3.04. The predicted molar refractivity (Wildman–Crippen MR) is 181 cm³/mol. The minimum atomic E-state index is -1.04. The van der Waals surface area contributed by atoms with Crippen molar-refractivity contribution in [3.8, 4) is 5.75 Å². The number of aliphatic hydroxyl groups is 2. The van der Waals surface area contributed by atoms with Gasteiger partial charge in [0.1, 0.15) is 18.0 Å². The fraction of sp³-hybridized carbons (Fsp3) is 0.622. The Morgan fingerprint density at radius 1 is 0.957 bits per heavy atom. The van der Waals surface area contributed by atoms with Crippen LogP contribution in [0.25, 0.3) is 0 Å². The molecule has 0 spiro atoms. The number of hydrogen-bond donors (Lipinski definition) is 4. The Morgan fingerprint density at radius 2 is 1.62 bits per heavy atom. The van der Waals surface area contributed by atoms with Crippen LogP contribution in [0.2, 0.25) is 0 Å². The van der Waals surface area contributed by atoms with Crippen molar-refractivity contribution in [1.29, 1.82) is 0 Å². The zero-order valence-electron chi connectivity index (χ0n) is 28.4. The number of ether oxygens (including phenoxy) is 3. The number of morpholine rings is 1. The van der Waals surface area contributed by atoms with E-state index >= 15 is 0 Å². The van der Waals surface area contributed by atoms with Crippen molar-refractivity contribution < 1.29 is 34.0 Å². The van der Waals surface area contributed by atoms with E-state index in [2.05, 4.69) is 15.5 Å². The minimum Gasteiger partial charge on any atom is -0.492 e. The first-order chi connectivity index (χ1) is 22.5. The van der Waals surface area contributed by atoms with E-state index in [1.165, 1.54) is 0 Å². The summed E-state index contributed by atoms with van der Waals surface area (Å²) >= 11 is 0. The summed E-state index contributed by atoms with van der Waals surface area (Å²) in [6.07, 6.45) is 3.46. The molecule has 1 saturated heterocycles. The third kappa shape index (κ3) is 13.1. The van der Waals surface area contributed by atoms with Crippen molar-refractivity contribution in [2.45, 2.75) is 95.5 Å². The molecule has 0 radical (unpaired) electrons. The highest BCUT2D eigenvalue weighted by Crippen LogP contribution is 2.28. The molecule has 10 nitrogen and oxygen atoms in total. The summed E-state index contributed by atoms with van der Waals surface area (Å²) < 4.78 is 16.9. The number of carbonyl (C=O) groups is 2. The van der Waals surface area contributed by atoms with Gasteiger partial charge in [0.2, 0.25) is 5.91 Å². The molecule has 1 saturated carbocycles. The van der Waals surface area contributed by atoms with Crippen molar-refractivity contribution in [1.82, 2.24) is 15.5 Å². The van der Waals surface area contributed by atoms with Gasteiger partial charge in [0.25, 0.3) is 0 Å². The summed E-state index contributed by atoms with van der Waals surface area (Å²) in [6.45, 7) is 10.3. The van der Waals surface area contributed by atoms with Gasteiger partial charge in [-0.1, -0.05) is 61.7 Å². The van der Waals surface area contributed by atoms with Gasteiger partial charge in [-0.15, -0.1) is 0 Å². The summed E-state index contributed by atoms with van der Waals surface area (Å²) in [5, 5.41) is 28.5. The molecule has 10 heteroatoms. The second-order valence-electron chi connectivity index (χ2n) is 14.1. The van der Waals surface area contributed by atoms with E-state index in [4.69, 9.17) is 14.2 Å². The SMILES string of the molecule is CC(C)(C)OC(=O)N[C@@H](Cc1ccccc1)[C@@H](O)C[C@@H](Cc1ccc(OCCN2CCOCC2)cc1)C(=O)NCC1(O)CCCCC1. The summed E-state index contributed by atoms with van der Waals surface area (Å²) in [6, 6.07) is 16.6. The number of nitrogens with zero attached hydrogens (tertiary/aromatic N) is 1. The second kappa shape index (κ2) is 17.8. The van der Waals surface area contributed by atoms with Gasteiger partial charge in [-0.25, -0.2) is 4.79 Å². The number of benzene rings is 2. The van der Waals surface area contributed by atoms with E-state index in [0.29, 0.717) is 32.3 Å². The molecule has 0 aromatic heterocycles. The largest absolute Gasteiger partial charge is 0.492 e. The standard InChI is InChI=1S/C37H55N3O7/c1-36(2,3)47-35(43)39-32(25-28-10-6-4-7-11-28)33(41)26-30(34(42)38-27-37(44)16-8-5-9-17-37)24-29-12-14-31(15-13-29)46-23-20-40-18-21-45-22-19-40/h4,6-7,10-15,30,32-33,41,44H,5,8-9,16-27H2,1-3H3,(H,38,42)(H,39,43)/t30-,32+,33+/m1/s1. The molecule has 1 aliphatic heterocycles. The summed E-state index contributed by atoms with van der Waals surface area (Å²) in [5.41, 5.74) is 0.254. The maximum absolute atomic E-state index is 13.7. The Kier molecular flexibility index (Phi) is 13.9. The molecule has 2 amide bonds. The van der Waals surface area contributed by atoms with E-state index in [-0.39, 0.29) is 18.9 Å². The van der Waals surface area contributed by atoms with Gasteiger partial charge in [0, 0.05) is 32.1 Å². The van der Waals surface area contributed by atoms with Crippen LogP contribution in [0.5, 0.6) is 5.75 Å². The van der Waals surface area contributed by atoms with Crippen LogP contribution in [-0.2, 0) is 27.1 Å². The molecule has 1 aliphatic carbocycles. The van der Waals surface area contributed by atoms with Crippen LogP contribution in [0.1, 0.15) is 70.4 Å². The zero-order valence-corrected chi connectivity index (χ0v) is 28.4. The molecule has 260 valence electrons. The maximum atomic E-state index is 13.7. The van der Waals surface area contributed by atoms with Crippen molar-refractivity contribution in [3.05, 3.63) is 65.7 Å². The molecule has 2 aliphatic rings. The third-order valence-corrected chi connectivity index (χ3v) is 8.92. The Labute approximate surface area is 280 Å². The number of carbonyl (C=O) groups excluding carboxylic acids is 2. The van der Waals surface area contributed by atoms with Crippen LogP contribution >= 0.6 is 0 Å². The quantitative estimate of drug-likeness (QED) is 0.225. The monoisotopic (exact) mass is 653 g/mol. The van der Waals surface area contributed by atoms with Crippen molar-refractivity contribution in [3.63, 3.8) is 0 Å². The van der Waals surface area contributed by atoms with Crippen molar-refractivity contribution in [2.24, 2.45) is 5.92 Å². The van der Waals surface area contributed by atoms with Crippen LogP contribution in [-0.4, -0.2) is 96.5 Å². The minimum absolute atomic E-state index is 0.107. The maximum Gasteiger partial charge on any atom is 0.407 e. The first-order valence-corrected chi connectivity index (χ1v) is 17.2. The van der Waals surface area contributed by atoms with E-state index in [9.17, 15) is 19.8 Å². The Hall–Kier alpha value is -3.18. The molecule has 4 N–H and O–H groups in total. The molecule has 4 rings (SSSR count). The van der Waals surface area contributed by atoms with Gasteiger partial charge in [0.15, 0.2) is 0 Å². The number of hydrogen-bond acceptors (Lipinski definition) is 8. The molecule has 0 bridgehead atoms. The van der Waals surface area contributed by atoms with E-state index in [1.807, 2.05) is 54.6 Å². The van der Waals surface area contributed by atoms with Crippen LogP contribution in [0.15, 0.2) is 54.6 Å². The molecule has 0 unspecified atom stereocenters. The summed E-state index contributed by atoms with van der Waals surface area (Å²) in [4.78, 5) is 28.9. The molecular formula is C37H55N3O7. The van der Waals surface area contributed by atoms with Crippen molar-refractivity contribution in [2.75, 3.05) is 46.0 Å². The topological polar surface area (TPSA) is 130 Å². The highest BCUT2D eigenvalue weighted by Gasteiger charge is 2.33. The highest BCUT2D eigenvalue weighted by molar-refractivity contribution is 5.79. The first kappa shape index (κ1) is 36.7. The average molecular weight is 654 g/mol. The van der Waals surface area contributed by atoms with Gasteiger partial charge >= 0.3 is 6.09 Å². The first-order valence-electron chi connectivity index (χ1n) is 17.2. The predicted octanol–water partition coefficient (Wildman–Crippen LogP) is 4.25. The van der Waals surface area contributed by atoms with Gasteiger partial charge < -0.3 is 35.1 Å². The molecule has 47 heavy (non-hydrogen) atoms. The molecule has 2 fully saturated rings. The zero-order chi connectivity index (χ0) is 33.7. The van der Waals surface area contributed by atoms with Gasteiger partial charge in [0.05, 0.1) is 31.0 Å². The number of nitrogens with one attached hydrogen (secondary N) is 2. The molecule has 3 atom stereocenters. The Bertz CT molecular complexity index is 1220. The molecule has 2 aromatic carbocycles. The summed E-state index contributed by atoms with van der Waals surface area (Å²) in [7, 11) is 0. The van der Waals surface area contributed by atoms with E-state index < -0.39 is 35.4 Å². The third-order valence-electron chi connectivity index (χ3n) is 8.92. The number of aliphatic hydroxyl groups excluding tert-OH is 1. The van der Waals surface area contributed by atoms with Crippen LogP contribution in [0, 0.1) is 5.92 Å². The van der Waals surface area contributed by atoms with Gasteiger partial charge in [-0.2, -0.15) is 0 Å². The lowest BCUT2D eigenvalue weighted by atomic mass is 9.84. The highest BCUT2D eigenvalue weighted by atomic mass is 16.6. The van der Waals surface area contributed by atoms with Crippen LogP contribution in [0.4, 0.5) is 4.79 Å². The number of rotatable bonds is 15. The number of alkyl carbamates (subject to hydrolysis) is 1. The smallest absolute Gasteiger partial charge is 0.407 e. The fourth-order valence-corrected chi connectivity index (χ4v) is 6.26. The Balaban J connectivity index is 1.44. The van der Waals surface area contributed by atoms with Crippen LogP contribution < -0.4 is 15.4 Å². The van der Waals surface area contributed by atoms with Crippen LogP contribution in [0.3, 0.4) is 0 Å². The molecular weight excluding hydrogens is 598 g/mol. The lowest BCUT2D eigenvalue weighted by Gasteiger charge is -2.33. The van der Waals surface area contributed by atoms with E-state index in [1.54, 1.807) is 20.8 Å². The number of amides is 2. The van der Waals surface area contributed by atoms with Gasteiger partial charge in [-0.05, 0) is 76.1 Å². The lowest BCUT2D eigenvalue weighted by Crippen LogP contribution is -2.49. The fourth-order valence-electron chi connectivity index (χ4n) is 6.26. The Morgan fingerprint density at radius 3 is 2.28 bits per heavy atom. The van der Waals surface area contributed by atoms with Gasteiger partial charge in [-0.3, -0.25) is 9.69 Å². The lowest BCUT2D eigenvalue weighted by molar-refractivity contribution is -0.127.